The summed E-state index contributed by atoms with van der Waals surface area (Å²) in [5.74, 6) is 0. The molecule has 3 aromatic rings. The van der Waals surface area contributed by atoms with Gasteiger partial charge in [0.2, 0.25) is 0 Å². The molecule has 3 N–H and O–H groups in total. The Morgan fingerprint density at radius 3 is 2.44 bits per heavy atom. The summed E-state index contributed by atoms with van der Waals surface area (Å²) < 4.78 is 2.60. The SMILES string of the molecule is Cc1cccc(-c2ccc3c(c2)c(CCCNCCCN)cn3C2CCCCC2)c1.Cl.Cl. The van der Waals surface area contributed by atoms with Crippen LogP contribution in [0, 0.1) is 6.92 Å². The van der Waals surface area contributed by atoms with Crippen LogP contribution in [0.25, 0.3) is 22.0 Å². The Morgan fingerprint density at radius 2 is 1.69 bits per heavy atom. The van der Waals surface area contributed by atoms with Crippen LogP contribution in [0.1, 0.15) is 62.1 Å². The number of aryl methyl sites for hydroxylation is 2. The lowest BCUT2D eigenvalue weighted by Gasteiger charge is -2.24. The number of fused-ring (bicyclic) bond motifs is 1. The van der Waals surface area contributed by atoms with Gasteiger partial charge in [0.05, 0.1) is 0 Å². The fraction of sp³-hybridized carbons (Fsp3) is 0.481. The highest BCUT2D eigenvalue weighted by atomic mass is 35.5. The quantitative estimate of drug-likeness (QED) is 0.332. The average molecular weight is 477 g/mol. The van der Waals surface area contributed by atoms with E-state index in [-0.39, 0.29) is 24.8 Å². The summed E-state index contributed by atoms with van der Waals surface area (Å²) in [6.07, 6.45) is 12.6. The van der Waals surface area contributed by atoms with Crippen molar-refractivity contribution in [1.29, 1.82) is 0 Å². The fourth-order valence-electron chi connectivity index (χ4n) is 4.95. The fourth-order valence-corrected chi connectivity index (χ4v) is 4.95. The summed E-state index contributed by atoms with van der Waals surface area (Å²) in [5.41, 5.74) is 12.5. The number of benzene rings is 2. The molecule has 0 radical (unpaired) electrons. The van der Waals surface area contributed by atoms with Crippen molar-refractivity contribution in [3.05, 3.63) is 59.8 Å². The molecular weight excluding hydrogens is 437 g/mol. The van der Waals surface area contributed by atoms with E-state index in [2.05, 4.69) is 65.5 Å². The second-order valence-electron chi connectivity index (χ2n) is 8.95. The molecule has 1 heterocycles. The normalized spacial score (nSPS) is 14.2. The summed E-state index contributed by atoms with van der Waals surface area (Å²) in [6, 6.07) is 16.6. The lowest BCUT2D eigenvalue weighted by molar-refractivity contribution is 0.360. The molecule has 0 aliphatic heterocycles. The second kappa shape index (κ2) is 13.3. The first-order chi connectivity index (χ1) is 14.8. The van der Waals surface area contributed by atoms with E-state index in [0.717, 1.165) is 32.5 Å². The maximum Gasteiger partial charge on any atom is 0.0486 e. The van der Waals surface area contributed by atoms with Crippen LogP contribution in [0.2, 0.25) is 0 Å². The van der Waals surface area contributed by atoms with Crippen LogP contribution in [0.4, 0.5) is 0 Å². The second-order valence-corrected chi connectivity index (χ2v) is 8.95. The maximum atomic E-state index is 5.60. The maximum absolute atomic E-state index is 5.60. The van der Waals surface area contributed by atoms with Crippen molar-refractivity contribution in [2.45, 2.75) is 64.3 Å². The topological polar surface area (TPSA) is 43.0 Å². The van der Waals surface area contributed by atoms with Crippen LogP contribution >= 0.6 is 24.8 Å². The van der Waals surface area contributed by atoms with Crippen LogP contribution in [-0.2, 0) is 6.42 Å². The van der Waals surface area contributed by atoms with Crippen molar-refractivity contribution in [3.63, 3.8) is 0 Å². The summed E-state index contributed by atoms with van der Waals surface area (Å²) in [6.45, 7) is 5.03. The lowest BCUT2D eigenvalue weighted by Crippen LogP contribution is -2.19. The molecule has 1 aromatic heterocycles. The third-order valence-electron chi connectivity index (χ3n) is 6.59. The number of rotatable bonds is 9. The van der Waals surface area contributed by atoms with Crippen LogP contribution in [0.5, 0.6) is 0 Å². The van der Waals surface area contributed by atoms with Gasteiger partial charge in [0, 0.05) is 23.1 Å². The van der Waals surface area contributed by atoms with Crippen molar-refractivity contribution >= 4 is 35.7 Å². The Balaban J connectivity index is 0.00000181. The number of halogens is 2. The zero-order chi connectivity index (χ0) is 20.8. The van der Waals surface area contributed by atoms with Gasteiger partial charge in [-0.1, -0.05) is 55.2 Å². The standard InChI is InChI=1S/C27H37N3.2ClH/c1-21-8-5-9-22(18-21)23-13-14-27-26(19-23)24(10-6-16-29-17-7-15-28)20-30(27)25-11-3-2-4-12-25;;/h5,8-9,13-14,18-20,25,29H,2-4,6-7,10-12,15-17,28H2,1H3;2*1H. The predicted molar refractivity (Wildman–Crippen MR) is 144 cm³/mol. The zero-order valence-corrected chi connectivity index (χ0v) is 20.9. The molecule has 3 nitrogen and oxygen atoms in total. The molecule has 0 spiro atoms. The Kier molecular flexibility index (Phi) is 11.1. The first-order valence-electron chi connectivity index (χ1n) is 11.9. The highest BCUT2D eigenvalue weighted by Crippen LogP contribution is 2.35. The van der Waals surface area contributed by atoms with E-state index in [1.165, 1.54) is 71.7 Å². The molecule has 4 rings (SSSR count). The van der Waals surface area contributed by atoms with Gasteiger partial charge in [0.25, 0.3) is 0 Å². The Morgan fingerprint density at radius 1 is 0.938 bits per heavy atom. The molecule has 0 atom stereocenters. The molecule has 176 valence electrons. The third-order valence-corrected chi connectivity index (χ3v) is 6.59. The van der Waals surface area contributed by atoms with Gasteiger partial charge in [-0.3, -0.25) is 0 Å². The molecule has 1 aliphatic rings. The Bertz CT molecular complexity index is 961. The first-order valence-corrected chi connectivity index (χ1v) is 11.9. The van der Waals surface area contributed by atoms with E-state index in [0.29, 0.717) is 6.04 Å². The van der Waals surface area contributed by atoms with Gasteiger partial charge in [0.15, 0.2) is 0 Å². The van der Waals surface area contributed by atoms with Crippen LogP contribution in [0.3, 0.4) is 0 Å². The molecular formula is C27H39Cl2N3. The van der Waals surface area contributed by atoms with E-state index in [1.807, 2.05) is 0 Å². The summed E-state index contributed by atoms with van der Waals surface area (Å²) >= 11 is 0. The number of hydrogen-bond donors (Lipinski definition) is 2. The summed E-state index contributed by atoms with van der Waals surface area (Å²) in [5, 5.41) is 4.98. The van der Waals surface area contributed by atoms with E-state index in [1.54, 1.807) is 0 Å². The number of aromatic nitrogens is 1. The monoisotopic (exact) mass is 475 g/mol. The number of hydrogen-bond acceptors (Lipinski definition) is 2. The van der Waals surface area contributed by atoms with E-state index in [4.69, 9.17) is 5.73 Å². The van der Waals surface area contributed by atoms with Crippen molar-refractivity contribution < 1.29 is 0 Å². The highest BCUT2D eigenvalue weighted by molar-refractivity contribution is 5.89. The average Bonchev–Trinajstić information content (AvgIpc) is 3.15. The smallest absolute Gasteiger partial charge is 0.0486 e. The largest absolute Gasteiger partial charge is 0.344 e. The minimum absolute atomic E-state index is 0. The van der Waals surface area contributed by atoms with Crippen molar-refractivity contribution in [3.8, 4) is 11.1 Å². The molecule has 1 aliphatic carbocycles. The van der Waals surface area contributed by atoms with E-state index in [9.17, 15) is 0 Å². The minimum Gasteiger partial charge on any atom is -0.344 e. The number of nitrogens with one attached hydrogen (secondary N) is 1. The predicted octanol–water partition coefficient (Wildman–Crippen LogP) is 6.84. The van der Waals surface area contributed by atoms with Crippen molar-refractivity contribution in [2.75, 3.05) is 19.6 Å². The van der Waals surface area contributed by atoms with Gasteiger partial charge in [-0.15, -0.1) is 24.8 Å². The van der Waals surface area contributed by atoms with Crippen molar-refractivity contribution in [2.24, 2.45) is 5.73 Å². The Labute approximate surface area is 206 Å². The van der Waals surface area contributed by atoms with Crippen molar-refractivity contribution in [1.82, 2.24) is 9.88 Å². The summed E-state index contributed by atoms with van der Waals surface area (Å²) in [4.78, 5) is 0. The Hall–Kier alpha value is -1.52. The van der Waals surface area contributed by atoms with Gasteiger partial charge in [0.1, 0.15) is 0 Å². The van der Waals surface area contributed by atoms with Crippen LogP contribution in [-0.4, -0.2) is 24.2 Å². The lowest BCUT2D eigenvalue weighted by atomic mass is 9.95. The molecule has 32 heavy (non-hydrogen) atoms. The van der Waals surface area contributed by atoms with Gasteiger partial charge in [-0.25, -0.2) is 0 Å². The molecule has 0 amide bonds. The van der Waals surface area contributed by atoms with Crippen LogP contribution in [0.15, 0.2) is 48.7 Å². The van der Waals surface area contributed by atoms with Gasteiger partial charge in [-0.05, 0) is 87.5 Å². The molecule has 2 aromatic carbocycles. The zero-order valence-electron chi connectivity index (χ0n) is 19.3. The molecule has 1 fully saturated rings. The van der Waals surface area contributed by atoms with E-state index >= 15 is 0 Å². The molecule has 5 heteroatoms. The van der Waals surface area contributed by atoms with Gasteiger partial charge >= 0.3 is 0 Å². The molecule has 0 saturated heterocycles. The minimum atomic E-state index is 0. The number of nitrogens with two attached hydrogens (primary N) is 1. The number of nitrogens with zero attached hydrogens (tertiary/aromatic N) is 1. The molecule has 1 saturated carbocycles. The molecule has 0 bridgehead atoms. The molecule has 0 unspecified atom stereocenters. The van der Waals surface area contributed by atoms with Gasteiger partial charge in [-0.2, -0.15) is 0 Å². The van der Waals surface area contributed by atoms with Gasteiger partial charge < -0.3 is 15.6 Å². The van der Waals surface area contributed by atoms with E-state index < -0.39 is 0 Å². The highest BCUT2D eigenvalue weighted by Gasteiger charge is 2.19. The summed E-state index contributed by atoms with van der Waals surface area (Å²) in [7, 11) is 0. The van der Waals surface area contributed by atoms with Crippen LogP contribution < -0.4 is 11.1 Å². The third kappa shape index (κ3) is 6.51. The first kappa shape index (κ1) is 26.7.